The van der Waals surface area contributed by atoms with Gasteiger partial charge in [0, 0.05) is 40.4 Å². The number of carbonyl (C=O) groups is 1. The maximum atomic E-state index is 12.3. The van der Waals surface area contributed by atoms with Crippen molar-refractivity contribution in [3.63, 3.8) is 0 Å². The van der Waals surface area contributed by atoms with E-state index in [1.807, 2.05) is 11.9 Å². The predicted molar refractivity (Wildman–Crippen MR) is 71.5 cm³/mol. The zero-order valence-electron chi connectivity index (χ0n) is 11.7. The van der Waals surface area contributed by atoms with Gasteiger partial charge in [-0.3, -0.25) is 0 Å². The quantitative estimate of drug-likeness (QED) is 0.721. The van der Waals surface area contributed by atoms with Crippen LogP contribution in [-0.4, -0.2) is 56.2 Å². The minimum Gasteiger partial charge on any atom is -0.385 e. The van der Waals surface area contributed by atoms with Crippen molar-refractivity contribution in [1.82, 2.24) is 9.80 Å². The number of hydrogen-bond acceptors (Lipinski definition) is 2. The van der Waals surface area contributed by atoms with Crippen LogP contribution in [0.2, 0.25) is 0 Å². The summed E-state index contributed by atoms with van der Waals surface area (Å²) in [4.78, 5) is 16.2. The summed E-state index contributed by atoms with van der Waals surface area (Å²) in [5, 5.41) is 0. The van der Waals surface area contributed by atoms with Crippen LogP contribution in [0.5, 0.6) is 0 Å². The number of carbonyl (C=O) groups excluding carboxylic acids is 1. The molecule has 0 aromatic carbocycles. The molecule has 2 rings (SSSR count). The topological polar surface area (TPSA) is 32.8 Å². The standard InChI is InChI=1S/C14H26N2O2/c1-15(8-5-9-18-2)14(17)16-10-12-6-3-4-7-13(12)11-16/h12-13H,3-11H2,1-2H3/t12-,13-/m1/s1. The van der Waals surface area contributed by atoms with E-state index in [9.17, 15) is 4.79 Å². The largest absolute Gasteiger partial charge is 0.385 e. The van der Waals surface area contributed by atoms with E-state index < -0.39 is 0 Å². The lowest BCUT2D eigenvalue weighted by molar-refractivity contribution is 0.156. The first-order valence-electron chi connectivity index (χ1n) is 7.21. The first-order chi connectivity index (χ1) is 8.72. The van der Waals surface area contributed by atoms with Crippen molar-refractivity contribution < 1.29 is 9.53 Å². The third-order valence-corrected chi connectivity index (χ3v) is 4.42. The average molecular weight is 254 g/mol. The summed E-state index contributed by atoms with van der Waals surface area (Å²) in [6, 6.07) is 0.209. The molecule has 2 fully saturated rings. The van der Waals surface area contributed by atoms with Gasteiger partial charge in [-0.25, -0.2) is 4.79 Å². The summed E-state index contributed by atoms with van der Waals surface area (Å²) in [5.41, 5.74) is 0. The van der Waals surface area contributed by atoms with Crippen molar-refractivity contribution in [3.8, 4) is 0 Å². The van der Waals surface area contributed by atoms with Crippen LogP contribution in [0.4, 0.5) is 4.79 Å². The minimum absolute atomic E-state index is 0.209. The Hall–Kier alpha value is -0.770. The lowest BCUT2D eigenvalue weighted by Gasteiger charge is -2.24. The summed E-state index contributed by atoms with van der Waals surface area (Å²) in [5.74, 6) is 1.55. The summed E-state index contributed by atoms with van der Waals surface area (Å²) < 4.78 is 5.02. The maximum absolute atomic E-state index is 12.3. The second kappa shape index (κ2) is 6.41. The number of ether oxygens (including phenoxy) is 1. The van der Waals surface area contributed by atoms with Crippen LogP contribution < -0.4 is 0 Å². The smallest absolute Gasteiger partial charge is 0.319 e. The van der Waals surface area contributed by atoms with E-state index in [2.05, 4.69) is 4.90 Å². The lowest BCUT2D eigenvalue weighted by Crippen LogP contribution is -2.40. The Bertz CT molecular complexity index is 269. The number of methoxy groups -OCH3 is 1. The molecule has 0 aromatic heterocycles. The van der Waals surface area contributed by atoms with Crippen molar-refractivity contribution in [2.24, 2.45) is 11.8 Å². The molecule has 2 aliphatic rings. The fourth-order valence-electron chi connectivity index (χ4n) is 3.35. The van der Waals surface area contributed by atoms with Gasteiger partial charge in [0.25, 0.3) is 0 Å². The Morgan fingerprint density at radius 3 is 2.44 bits per heavy atom. The molecule has 0 radical (unpaired) electrons. The van der Waals surface area contributed by atoms with Gasteiger partial charge in [-0.15, -0.1) is 0 Å². The third kappa shape index (κ3) is 3.16. The molecule has 0 aromatic rings. The van der Waals surface area contributed by atoms with Gasteiger partial charge in [0.2, 0.25) is 0 Å². The Kier molecular flexibility index (Phi) is 4.87. The fraction of sp³-hybridized carbons (Fsp3) is 0.929. The van der Waals surface area contributed by atoms with Gasteiger partial charge in [-0.1, -0.05) is 12.8 Å². The van der Waals surface area contributed by atoms with Crippen LogP contribution in [0, 0.1) is 11.8 Å². The number of hydrogen-bond donors (Lipinski definition) is 0. The Labute approximate surface area is 110 Å². The average Bonchev–Trinajstić information content (AvgIpc) is 2.81. The highest BCUT2D eigenvalue weighted by Crippen LogP contribution is 2.36. The van der Waals surface area contributed by atoms with Gasteiger partial charge < -0.3 is 14.5 Å². The van der Waals surface area contributed by atoms with Crippen molar-refractivity contribution >= 4 is 6.03 Å². The molecule has 2 amide bonds. The van der Waals surface area contributed by atoms with Crippen LogP contribution >= 0.6 is 0 Å². The van der Waals surface area contributed by atoms with Gasteiger partial charge >= 0.3 is 6.03 Å². The van der Waals surface area contributed by atoms with Gasteiger partial charge in [-0.05, 0) is 31.1 Å². The fourth-order valence-corrected chi connectivity index (χ4v) is 3.35. The first-order valence-corrected chi connectivity index (χ1v) is 7.21. The Morgan fingerprint density at radius 2 is 1.89 bits per heavy atom. The van der Waals surface area contributed by atoms with E-state index in [4.69, 9.17) is 4.74 Å². The molecule has 0 bridgehead atoms. The summed E-state index contributed by atoms with van der Waals surface area (Å²) in [6.45, 7) is 3.48. The second-order valence-corrected chi connectivity index (χ2v) is 5.76. The molecule has 1 aliphatic carbocycles. The molecule has 0 N–H and O–H groups in total. The molecule has 18 heavy (non-hydrogen) atoms. The number of fused-ring (bicyclic) bond motifs is 1. The summed E-state index contributed by atoms with van der Waals surface area (Å²) >= 11 is 0. The van der Waals surface area contributed by atoms with E-state index >= 15 is 0 Å². The number of likely N-dealkylation sites (tertiary alicyclic amines) is 1. The minimum atomic E-state index is 0.209. The van der Waals surface area contributed by atoms with Crippen molar-refractivity contribution in [3.05, 3.63) is 0 Å². The van der Waals surface area contributed by atoms with Crippen molar-refractivity contribution in [1.29, 1.82) is 0 Å². The molecule has 104 valence electrons. The summed E-state index contributed by atoms with van der Waals surface area (Å²) in [6.07, 6.45) is 6.27. The van der Waals surface area contributed by atoms with Gasteiger partial charge in [0.05, 0.1) is 0 Å². The SMILES string of the molecule is COCCCN(C)C(=O)N1C[C@H]2CCCC[C@@H]2C1. The molecule has 1 saturated heterocycles. The van der Waals surface area contributed by atoms with Crippen LogP contribution in [-0.2, 0) is 4.74 Å². The molecule has 4 nitrogen and oxygen atoms in total. The maximum Gasteiger partial charge on any atom is 0.319 e. The van der Waals surface area contributed by atoms with E-state index in [0.717, 1.165) is 44.5 Å². The normalized spacial score (nSPS) is 27.1. The van der Waals surface area contributed by atoms with Gasteiger partial charge in [0.1, 0.15) is 0 Å². The molecule has 1 aliphatic heterocycles. The Balaban J connectivity index is 1.79. The van der Waals surface area contributed by atoms with Crippen LogP contribution in [0.25, 0.3) is 0 Å². The van der Waals surface area contributed by atoms with Gasteiger partial charge in [-0.2, -0.15) is 0 Å². The lowest BCUT2D eigenvalue weighted by atomic mass is 9.82. The van der Waals surface area contributed by atoms with Crippen LogP contribution in [0.15, 0.2) is 0 Å². The van der Waals surface area contributed by atoms with Crippen LogP contribution in [0.1, 0.15) is 32.1 Å². The number of rotatable bonds is 4. The molecular formula is C14H26N2O2. The third-order valence-electron chi connectivity index (χ3n) is 4.42. The van der Waals surface area contributed by atoms with E-state index in [0.29, 0.717) is 0 Å². The number of urea groups is 1. The van der Waals surface area contributed by atoms with E-state index in [-0.39, 0.29) is 6.03 Å². The molecule has 1 heterocycles. The van der Waals surface area contributed by atoms with E-state index in [1.165, 1.54) is 25.7 Å². The number of amides is 2. The summed E-state index contributed by atoms with van der Waals surface area (Å²) in [7, 11) is 3.60. The molecule has 4 heteroatoms. The molecular weight excluding hydrogens is 228 g/mol. The van der Waals surface area contributed by atoms with Crippen molar-refractivity contribution in [2.45, 2.75) is 32.1 Å². The molecule has 0 spiro atoms. The molecule has 1 saturated carbocycles. The highest BCUT2D eigenvalue weighted by molar-refractivity contribution is 5.74. The number of nitrogens with zero attached hydrogens (tertiary/aromatic N) is 2. The monoisotopic (exact) mass is 254 g/mol. The predicted octanol–water partition coefficient (Wildman–Crippen LogP) is 2.20. The van der Waals surface area contributed by atoms with Crippen molar-refractivity contribution in [2.75, 3.05) is 40.4 Å². The Morgan fingerprint density at radius 1 is 1.28 bits per heavy atom. The van der Waals surface area contributed by atoms with E-state index in [1.54, 1.807) is 7.11 Å². The molecule has 2 atom stereocenters. The zero-order chi connectivity index (χ0) is 13.0. The van der Waals surface area contributed by atoms with Gasteiger partial charge in [0.15, 0.2) is 0 Å². The highest BCUT2D eigenvalue weighted by Gasteiger charge is 2.37. The van der Waals surface area contributed by atoms with Crippen LogP contribution in [0.3, 0.4) is 0 Å². The second-order valence-electron chi connectivity index (χ2n) is 5.76. The zero-order valence-corrected chi connectivity index (χ0v) is 11.7. The molecule has 0 unspecified atom stereocenters. The highest BCUT2D eigenvalue weighted by atomic mass is 16.5. The first kappa shape index (κ1) is 13.7.